The molecule has 1 fully saturated rings. The molecule has 2 aromatic rings. The molecule has 0 bridgehead atoms. The number of ether oxygens (including phenoxy) is 1. The first-order valence-electron chi connectivity index (χ1n) is 8.12. The Balaban J connectivity index is 1.78. The zero-order valence-corrected chi connectivity index (χ0v) is 15.1. The minimum atomic E-state index is -3.64. The van der Waals surface area contributed by atoms with Crippen LogP contribution in [0.3, 0.4) is 0 Å². The molecule has 0 atom stereocenters. The molecule has 6 heteroatoms. The number of carbonyl (C=O) groups excluding carboxylic acids is 1. The summed E-state index contributed by atoms with van der Waals surface area (Å²) in [6.45, 7) is 2.04. The number of sulfonamides is 1. The predicted octanol–water partition coefficient (Wildman–Crippen LogP) is 2.79. The van der Waals surface area contributed by atoms with Crippen LogP contribution in [0.2, 0.25) is 0 Å². The molecular formula is C19H21NO4S. The average Bonchev–Trinajstić information content (AvgIpc) is 3.41. The summed E-state index contributed by atoms with van der Waals surface area (Å²) in [4.78, 5) is 11.7. The van der Waals surface area contributed by atoms with Crippen molar-refractivity contribution in [2.24, 2.45) is 0 Å². The van der Waals surface area contributed by atoms with Crippen LogP contribution in [0.4, 0.5) is 0 Å². The highest BCUT2D eigenvalue weighted by atomic mass is 32.2. The lowest BCUT2D eigenvalue weighted by Crippen LogP contribution is -2.32. The Hall–Kier alpha value is -2.18. The number of aryl methyl sites for hydroxylation is 1. The summed E-state index contributed by atoms with van der Waals surface area (Å²) in [6, 6.07) is 14.4. The van der Waals surface area contributed by atoms with E-state index in [9.17, 15) is 13.2 Å². The Bertz CT molecular complexity index is 887. The fraction of sp³-hybridized carbons (Fsp3) is 0.316. The monoisotopic (exact) mass is 359 g/mol. The van der Waals surface area contributed by atoms with Gasteiger partial charge in [0.05, 0.1) is 17.6 Å². The lowest BCUT2D eigenvalue weighted by atomic mass is 9.96. The number of esters is 1. The van der Waals surface area contributed by atoms with Gasteiger partial charge in [-0.1, -0.05) is 30.3 Å². The van der Waals surface area contributed by atoms with E-state index in [1.807, 2.05) is 30.3 Å². The summed E-state index contributed by atoms with van der Waals surface area (Å²) in [6.07, 6.45) is 1.94. The van der Waals surface area contributed by atoms with E-state index in [0.717, 1.165) is 18.4 Å². The highest BCUT2D eigenvalue weighted by Crippen LogP contribution is 2.47. The first-order valence-corrected chi connectivity index (χ1v) is 9.60. The smallest absolute Gasteiger partial charge is 0.337 e. The van der Waals surface area contributed by atoms with Gasteiger partial charge >= 0.3 is 5.97 Å². The second-order valence-corrected chi connectivity index (χ2v) is 8.18. The lowest BCUT2D eigenvalue weighted by molar-refractivity contribution is 0.0600. The molecule has 132 valence electrons. The molecule has 1 aliphatic carbocycles. The number of methoxy groups -OCH3 is 1. The first kappa shape index (κ1) is 17.6. The Morgan fingerprint density at radius 3 is 2.40 bits per heavy atom. The largest absolute Gasteiger partial charge is 0.465 e. The van der Waals surface area contributed by atoms with E-state index in [2.05, 4.69) is 9.46 Å². The van der Waals surface area contributed by atoms with E-state index in [1.54, 1.807) is 6.92 Å². The summed E-state index contributed by atoms with van der Waals surface area (Å²) >= 11 is 0. The van der Waals surface area contributed by atoms with Crippen molar-refractivity contribution in [3.8, 4) is 0 Å². The maximum atomic E-state index is 12.7. The Morgan fingerprint density at radius 1 is 1.16 bits per heavy atom. The van der Waals surface area contributed by atoms with Gasteiger partial charge in [-0.25, -0.2) is 17.9 Å². The van der Waals surface area contributed by atoms with E-state index in [4.69, 9.17) is 0 Å². The first-order chi connectivity index (χ1) is 11.9. The Labute approximate surface area is 148 Å². The number of hydrogen-bond donors (Lipinski definition) is 1. The molecule has 25 heavy (non-hydrogen) atoms. The van der Waals surface area contributed by atoms with Crippen LogP contribution in [0.25, 0.3) is 0 Å². The van der Waals surface area contributed by atoms with E-state index in [-0.39, 0.29) is 10.3 Å². The fourth-order valence-electron chi connectivity index (χ4n) is 3.02. The highest BCUT2D eigenvalue weighted by molar-refractivity contribution is 7.89. The van der Waals surface area contributed by atoms with Gasteiger partial charge in [-0.05, 0) is 49.1 Å². The van der Waals surface area contributed by atoms with Crippen LogP contribution >= 0.6 is 0 Å². The molecule has 1 N–H and O–H groups in total. The number of nitrogens with one attached hydrogen (secondary N) is 1. The molecule has 0 spiro atoms. The van der Waals surface area contributed by atoms with Crippen LogP contribution in [0.1, 0.15) is 34.3 Å². The summed E-state index contributed by atoms with van der Waals surface area (Å²) in [5.41, 5.74) is 1.91. The zero-order chi connectivity index (χ0) is 18.1. The van der Waals surface area contributed by atoms with Crippen LogP contribution in [-0.2, 0) is 20.2 Å². The van der Waals surface area contributed by atoms with Gasteiger partial charge in [-0.2, -0.15) is 0 Å². The van der Waals surface area contributed by atoms with Gasteiger partial charge in [-0.15, -0.1) is 0 Å². The minimum Gasteiger partial charge on any atom is -0.465 e. The molecular weight excluding hydrogens is 338 g/mol. The van der Waals surface area contributed by atoms with E-state index < -0.39 is 16.0 Å². The third-order valence-corrected chi connectivity index (χ3v) is 6.29. The molecule has 0 unspecified atom stereocenters. The van der Waals surface area contributed by atoms with E-state index in [1.165, 1.54) is 25.3 Å². The quantitative estimate of drug-likeness (QED) is 0.805. The Kier molecular flexibility index (Phi) is 4.67. The van der Waals surface area contributed by atoms with Gasteiger partial charge in [0.1, 0.15) is 0 Å². The molecule has 3 rings (SSSR count). The topological polar surface area (TPSA) is 72.5 Å². The third-order valence-electron chi connectivity index (χ3n) is 4.73. The van der Waals surface area contributed by atoms with Gasteiger partial charge in [0.15, 0.2) is 0 Å². The third kappa shape index (κ3) is 3.60. The normalized spacial score (nSPS) is 15.6. The van der Waals surface area contributed by atoms with Gasteiger partial charge in [0.25, 0.3) is 0 Å². The SMILES string of the molecule is COC(=O)c1ccc(S(=O)(=O)NCC2(c3ccccc3)CC2)c(C)c1. The standard InChI is InChI=1S/C19H21NO4S/c1-14-12-15(18(21)24-2)8-9-17(14)25(22,23)20-13-19(10-11-19)16-6-4-3-5-7-16/h3-9,12,20H,10-11,13H2,1-2H3. The molecule has 0 aliphatic heterocycles. The van der Waals surface area contributed by atoms with Crippen molar-refractivity contribution < 1.29 is 17.9 Å². The molecule has 0 radical (unpaired) electrons. The molecule has 0 aromatic heterocycles. The maximum absolute atomic E-state index is 12.7. The molecule has 1 saturated carbocycles. The van der Waals surface area contributed by atoms with Crippen molar-refractivity contribution in [1.29, 1.82) is 0 Å². The molecule has 0 amide bonds. The van der Waals surface area contributed by atoms with Gasteiger partial charge in [-0.3, -0.25) is 0 Å². The maximum Gasteiger partial charge on any atom is 0.337 e. The number of carbonyl (C=O) groups is 1. The summed E-state index contributed by atoms with van der Waals surface area (Å²) in [5.74, 6) is -0.485. The van der Waals surface area contributed by atoms with Crippen LogP contribution < -0.4 is 4.72 Å². The summed E-state index contributed by atoms with van der Waals surface area (Å²) in [5, 5.41) is 0. The zero-order valence-electron chi connectivity index (χ0n) is 14.3. The predicted molar refractivity (Wildman–Crippen MR) is 95.1 cm³/mol. The molecule has 1 aliphatic rings. The van der Waals surface area contributed by atoms with Crippen LogP contribution in [0.5, 0.6) is 0 Å². The van der Waals surface area contributed by atoms with Crippen molar-refractivity contribution in [3.05, 3.63) is 65.2 Å². The fourth-order valence-corrected chi connectivity index (χ4v) is 4.37. The molecule has 0 saturated heterocycles. The van der Waals surface area contributed by atoms with Gasteiger partial charge < -0.3 is 4.74 Å². The second-order valence-electron chi connectivity index (χ2n) is 6.44. The molecule has 5 nitrogen and oxygen atoms in total. The van der Waals surface area contributed by atoms with Crippen molar-refractivity contribution in [3.63, 3.8) is 0 Å². The van der Waals surface area contributed by atoms with Gasteiger partial charge in [0.2, 0.25) is 10.0 Å². The average molecular weight is 359 g/mol. The summed E-state index contributed by atoms with van der Waals surface area (Å²) in [7, 11) is -2.35. The van der Waals surface area contributed by atoms with Crippen LogP contribution in [0.15, 0.2) is 53.4 Å². The van der Waals surface area contributed by atoms with Crippen molar-refractivity contribution in [1.82, 2.24) is 4.72 Å². The lowest BCUT2D eigenvalue weighted by Gasteiger charge is -2.17. The van der Waals surface area contributed by atoms with Crippen molar-refractivity contribution in [2.75, 3.05) is 13.7 Å². The second kappa shape index (κ2) is 6.61. The number of hydrogen-bond acceptors (Lipinski definition) is 4. The van der Waals surface area contributed by atoms with Crippen molar-refractivity contribution in [2.45, 2.75) is 30.1 Å². The van der Waals surface area contributed by atoms with Crippen LogP contribution in [-0.4, -0.2) is 28.0 Å². The minimum absolute atomic E-state index is 0.103. The van der Waals surface area contributed by atoms with Crippen molar-refractivity contribution >= 4 is 16.0 Å². The molecule has 2 aromatic carbocycles. The van der Waals surface area contributed by atoms with E-state index >= 15 is 0 Å². The number of rotatable bonds is 6. The molecule has 0 heterocycles. The summed E-state index contributed by atoms with van der Waals surface area (Å²) < 4.78 is 32.8. The van der Waals surface area contributed by atoms with Crippen LogP contribution in [0, 0.1) is 6.92 Å². The van der Waals surface area contributed by atoms with Gasteiger partial charge in [0, 0.05) is 12.0 Å². The number of benzene rings is 2. The Morgan fingerprint density at radius 2 is 1.84 bits per heavy atom. The highest BCUT2D eigenvalue weighted by Gasteiger charge is 2.44. The van der Waals surface area contributed by atoms with E-state index in [0.29, 0.717) is 17.7 Å².